The number of allylic oxidation sites excluding steroid dienone is 1. The van der Waals surface area contributed by atoms with Crippen molar-refractivity contribution in [3.8, 4) is 23.3 Å². The molecule has 6 atom stereocenters. The van der Waals surface area contributed by atoms with Gasteiger partial charge in [-0.15, -0.1) is 5.10 Å². The summed E-state index contributed by atoms with van der Waals surface area (Å²) in [6.45, 7) is 2.23. The topological polar surface area (TPSA) is 260 Å². The number of rotatable bonds is 22. The van der Waals surface area contributed by atoms with E-state index < -0.39 is 42.4 Å². The average molecular weight is 1170 g/mol. The maximum absolute atomic E-state index is 12.7. The van der Waals surface area contributed by atoms with E-state index in [0.717, 1.165) is 71.7 Å². The summed E-state index contributed by atoms with van der Waals surface area (Å²) < 4.78 is 35.2. The third-order valence-electron chi connectivity index (χ3n) is 10.3. The van der Waals surface area contributed by atoms with Crippen LogP contribution in [0.3, 0.4) is 0 Å². The Morgan fingerprint density at radius 2 is 1.44 bits per heavy atom. The van der Waals surface area contributed by atoms with Crippen molar-refractivity contribution in [3.05, 3.63) is 134 Å². The van der Waals surface area contributed by atoms with Gasteiger partial charge >= 0.3 is 66.2 Å². The van der Waals surface area contributed by atoms with Crippen LogP contribution in [-0.2, 0) is 51.4 Å². The van der Waals surface area contributed by atoms with Crippen LogP contribution in [0.2, 0.25) is 0 Å². The van der Waals surface area contributed by atoms with E-state index in [0.29, 0.717) is 30.8 Å². The van der Waals surface area contributed by atoms with E-state index in [2.05, 4.69) is 56.2 Å². The van der Waals surface area contributed by atoms with E-state index in [1.165, 1.54) is 21.6 Å². The molecule has 18 nitrogen and oxygen atoms in total. The molecule has 0 fully saturated rings. The van der Waals surface area contributed by atoms with Crippen molar-refractivity contribution in [1.82, 2.24) is 9.68 Å². The second-order valence-electron chi connectivity index (χ2n) is 15.7. The van der Waals surface area contributed by atoms with Crippen LogP contribution in [0.4, 0.5) is 5.69 Å². The van der Waals surface area contributed by atoms with Gasteiger partial charge in [-0.05, 0) is 151 Å². The Balaban J connectivity index is 0.00000133. The minimum atomic E-state index is -4.74. The molecule has 0 aliphatic carbocycles. The number of hydrazone groups is 1. The molecule has 0 amide bonds. The summed E-state index contributed by atoms with van der Waals surface area (Å²) >= 11 is 5.41. The van der Waals surface area contributed by atoms with Crippen molar-refractivity contribution in [2.24, 2.45) is 10.4 Å². The van der Waals surface area contributed by atoms with Crippen LogP contribution in [-0.4, -0.2) is 70.7 Å². The van der Waals surface area contributed by atoms with Crippen LogP contribution in [0.1, 0.15) is 73.9 Å². The molecule has 4 aromatic rings. The third kappa shape index (κ3) is 26.0. The fourth-order valence-corrected chi connectivity index (χ4v) is 11.1. The fourth-order valence-electron chi connectivity index (χ4n) is 7.40. The Bertz CT molecular complexity index is 2580. The molecule has 6 unspecified atom stereocenters. The number of ketones is 1. The van der Waals surface area contributed by atoms with Gasteiger partial charge in [0.15, 0.2) is 11.5 Å². The van der Waals surface area contributed by atoms with Gasteiger partial charge in [0.1, 0.15) is 45.6 Å². The molecule has 384 valence electrons. The molecule has 28 heteroatoms. The van der Waals surface area contributed by atoms with E-state index in [-0.39, 0.29) is 108 Å². The molecule has 2 heterocycles. The molecule has 73 heavy (non-hydrogen) atoms. The maximum Gasteiger partial charge on any atom is 1.00 e. The van der Waals surface area contributed by atoms with Gasteiger partial charge in [-0.3, -0.25) is 14.2 Å². The zero-order chi connectivity index (χ0) is 49.3. The molecule has 2 aliphatic heterocycles. The van der Waals surface area contributed by atoms with Crippen molar-refractivity contribution in [2.45, 2.75) is 66.2 Å². The van der Waals surface area contributed by atoms with Crippen LogP contribution in [0.25, 0.3) is 16.5 Å². The monoisotopic (exact) mass is 1170 g/mol. The normalized spacial score (nSPS) is 14.1. The number of benzene rings is 4. The first kappa shape index (κ1) is 71.3. The van der Waals surface area contributed by atoms with Crippen molar-refractivity contribution >= 4 is 93.1 Å². The predicted octanol–water partition coefficient (Wildman–Crippen LogP) is 3.84. The first-order valence-electron chi connectivity index (χ1n) is 21.1. The number of aryl methyl sites for hydroxylation is 3. The standard InChI is InChI=1S/C25H25N5O2.C18H27N3O8P6S.2CH4.2Na.H3P/c26-17-22(24(31)7-1-4-18-8-10-23(11-9-18)32-29-28-27)16-19-14-20-5-2-12-30-13-3-6-21(15-19)25(20)30;1-20(19-12-16-4-8-18(9-5-16)29-33(30)31)32(36)28-17-6-2-15(3-7-17)10-11-21(13-34(22,23)24)14-35(25,26)27;;;;;/h8-11,14-16H,1-7,12-13H2;2-9,12H,10-11,13-14,30-31H2,1H3,(H3-,22,23,24,25,26,27);2*1H4;;;1H3/q;;;;2*+1;/p-1/b22-16-;19-12+;;;;;. The van der Waals surface area contributed by atoms with Gasteiger partial charge in [0, 0.05) is 36.7 Å². The summed E-state index contributed by atoms with van der Waals surface area (Å²) in [5.74, 6) is 1.61. The van der Waals surface area contributed by atoms with Crippen LogP contribution in [0, 0.1) is 11.3 Å². The van der Waals surface area contributed by atoms with Crippen LogP contribution < -0.4 is 87.7 Å². The van der Waals surface area contributed by atoms with Gasteiger partial charge in [-0.2, -0.15) is 15.2 Å². The molecule has 0 spiro atoms. The molecule has 0 aromatic heterocycles. The Kier molecular flexibility index (Phi) is 34.8. The fraction of sp³-hybridized carbons (Fsp3) is 0.356. The number of Topliss-reactive ketones (excluding diaryl/α,β-unsaturated/α-hetero) is 1. The van der Waals surface area contributed by atoms with Gasteiger partial charge in [-0.1, -0.05) is 61.8 Å². The van der Waals surface area contributed by atoms with E-state index in [9.17, 15) is 29.0 Å². The first-order valence-corrected chi connectivity index (χ1v) is 31.4. The minimum Gasteiger partial charge on any atom is -0.778 e. The molecule has 0 saturated carbocycles. The van der Waals surface area contributed by atoms with Crippen LogP contribution in [0.15, 0.2) is 101 Å². The summed E-state index contributed by atoms with van der Waals surface area (Å²) in [7, 11) is -4.75. The summed E-state index contributed by atoms with van der Waals surface area (Å²) in [4.78, 5) is 63.8. The number of nitrogens with zero attached hydrogens (tertiary/aromatic N) is 8. The molecule has 2 N–H and O–H groups in total. The molecule has 0 radical (unpaired) electrons. The second kappa shape index (κ2) is 35.6. The summed E-state index contributed by atoms with van der Waals surface area (Å²) in [5, 5.41) is 17.0. The van der Waals surface area contributed by atoms with E-state index in [4.69, 9.17) is 41.0 Å². The molecule has 0 saturated heterocycles. The maximum atomic E-state index is 12.7. The molecule has 2 aliphatic rings. The van der Waals surface area contributed by atoms with E-state index >= 15 is 0 Å². The summed E-state index contributed by atoms with van der Waals surface area (Å²) in [6, 6.07) is 27.9. The largest absolute Gasteiger partial charge is 1.00 e. The number of hydrogen-bond donors (Lipinski definition) is 2. The number of anilines is 1. The predicted molar refractivity (Wildman–Crippen MR) is 298 cm³/mol. The third-order valence-corrected chi connectivity index (χ3v) is 14.8. The van der Waals surface area contributed by atoms with Crippen LogP contribution >= 0.6 is 57.5 Å². The number of hydrogen-bond acceptors (Lipinski definition) is 14. The van der Waals surface area contributed by atoms with E-state index in [1.54, 1.807) is 55.7 Å². The number of carbonyl (C=O) groups is 1. The van der Waals surface area contributed by atoms with Crippen molar-refractivity contribution in [2.75, 3.05) is 44.2 Å². The summed E-state index contributed by atoms with van der Waals surface area (Å²) in [5.41, 5.74) is 16.2. The van der Waals surface area contributed by atoms with Gasteiger partial charge < -0.3 is 43.0 Å². The number of carbonyl (C=O) groups excluding carboxylic acids is 1. The van der Waals surface area contributed by atoms with Crippen molar-refractivity contribution < 1.29 is 106 Å². The van der Waals surface area contributed by atoms with Gasteiger partial charge in [0.2, 0.25) is 11.8 Å². The zero-order valence-corrected chi connectivity index (χ0v) is 51.8. The second-order valence-corrected chi connectivity index (χ2v) is 26.7. The molecular formula is C45H62N8Na2O10P7S+. The Labute approximate surface area is 488 Å². The first-order chi connectivity index (χ1) is 32.4. The number of azide groups is 1. The Hall–Kier alpha value is -1.74. The quantitative estimate of drug-likeness (QED) is 0.0130. The zero-order valence-electron chi connectivity index (χ0n) is 39.7. The summed E-state index contributed by atoms with van der Waals surface area (Å²) in [6.07, 6.45) is 8.03. The molecule has 6 rings (SSSR count). The van der Waals surface area contributed by atoms with Gasteiger partial charge in [0.25, 0.3) is 0 Å². The minimum absolute atomic E-state index is 0. The average Bonchev–Trinajstić information content (AvgIpc) is 3.29. The Morgan fingerprint density at radius 3 is 1.95 bits per heavy atom. The Morgan fingerprint density at radius 1 is 0.918 bits per heavy atom. The van der Waals surface area contributed by atoms with Crippen molar-refractivity contribution in [1.29, 1.82) is 5.26 Å². The SMILES string of the molecule is C.C.CN(/N=C/c1ccc(OP(P)P)cc1)[P+](=S)Oc1ccc(CCN(CP(=O)([O-])O)CP(=O)([O-])O)cc1.N#C/C(=C/c1cc2c3c(c1)CCCN3CCC2)C(=O)CCCc1ccc(ON=[N+]=[N-])cc1.P.[Na+].[Na+]. The van der Waals surface area contributed by atoms with Crippen LogP contribution in [0.5, 0.6) is 17.2 Å². The van der Waals surface area contributed by atoms with E-state index in [1.807, 2.05) is 36.4 Å². The number of nitriles is 1. The smallest absolute Gasteiger partial charge is 0.778 e. The van der Waals surface area contributed by atoms with Crippen molar-refractivity contribution in [3.63, 3.8) is 0 Å². The van der Waals surface area contributed by atoms with Gasteiger partial charge in [0.05, 0.1) is 31.4 Å². The molecular weight excluding hydrogens is 1110 g/mol. The molecule has 4 aromatic carbocycles. The molecule has 0 bridgehead atoms. The van der Waals surface area contributed by atoms with Gasteiger partial charge in [-0.25, -0.2) is 0 Å².